The average molecular weight is 738 g/mol. The number of aromatic carboxylic acids is 1. The number of nitrogens with one attached hydrogen (secondary N) is 1. The number of thiazole rings is 1. The molecule has 4 aromatic rings. The summed E-state index contributed by atoms with van der Waals surface area (Å²) in [6.45, 7) is 20.1. The summed E-state index contributed by atoms with van der Waals surface area (Å²) in [6.07, 6.45) is 9.84. The van der Waals surface area contributed by atoms with E-state index in [0.717, 1.165) is 42.7 Å². The molecule has 4 unspecified atom stereocenters. The number of hydrogen-bond acceptors (Lipinski definition) is 9. The third-order valence-corrected chi connectivity index (χ3v) is 13.2. The lowest BCUT2D eigenvalue weighted by Gasteiger charge is -2.49. The molecule has 2 amide bonds. The first kappa shape index (κ1) is 36.5. The minimum absolute atomic E-state index is 0.00947. The van der Waals surface area contributed by atoms with Gasteiger partial charge in [0, 0.05) is 28.9 Å². The minimum Gasteiger partial charge on any atom is -0.490 e. The Morgan fingerprint density at radius 3 is 2.57 bits per heavy atom. The Morgan fingerprint density at radius 2 is 1.89 bits per heavy atom. The number of carboxylic acids is 1. The fourth-order valence-electron chi connectivity index (χ4n) is 9.35. The number of amides is 2. The van der Waals surface area contributed by atoms with Crippen molar-refractivity contribution < 1.29 is 24.3 Å². The number of pyridine rings is 1. The number of anilines is 2. The van der Waals surface area contributed by atoms with E-state index in [0.29, 0.717) is 64.3 Å². The highest BCUT2D eigenvalue weighted by molar-refractivity contribution is 7.16. The van der Waals surface area contributed by atoms with Crippen LogP contribution in [0.3, 0.4) is 0 Å². The summed E-state index contributed by atoms with van der Waals surface area (Å²) in [7, 11) is 0. The zero-order chi connectivity index (χ0) is 37.9. The molecule has 0 saturated heterocycles. The van der Waals surface area contributed by atoms with Gasteiger partial charge in [0.1, 0.15) is 12.4 Å². The number of nitrogens with zero attached hydrogens (tertiary/aromatic N) is 5. The van der Waals surface area contributed by atoms with Crippen LogP contribution in [0.15, 0.2) is 49.7 Å². The normalized spacial score (nSPS) is 26.1. The molecule has 2 fully saturated rings. The molecule has 7 rings (SSSR count). The Balaban J connectivity index is 1.17. The first-order valence-corrected chi connectivity index (χ1v) is 18.8. The number of rotatable bonds is 10. The molecule has 1 aliphatic heterocycles. The molecule has 278 valence electrons. The SMILES string of the molecule is C=Cc1nc(NC(=O)N2CCOc3ccc(-c4ccc(-c5cnn(CC6(C)CC7(ON)CC(C)(CC)CC6(C)C7)c5C)c(C(=O)O)n4)cc32)sc1C=C. The third kappa shape index (κ3) is 6.24. The lowest BCUT2D eigenvalue weighted by Crippen LogP contribution is -2.45. The van der Waals surface area contributed by atoms with E-state index in [-0.39, 0.29) is 33.6 Å². The zero-order valence-electron chi connectivity index (χ0n) is 31.0. The molecular formula is C40H47N7O5S. The van der Waals surface area contributed by atoms with E-state index in [4.69, 9.17) is 20.6 Å². The van der Waals surface area contributed by atoms with Gasteiger partial charge in [0.05, 0.1) is 40.3 Å². The van der Waals surface area contributed by atoms with Gasteiger partial charge in [0.25, 0.3) is 0 Å². The van der Waals surface area contributed by atoms with Crippen molar-refractivity contribution in [1.82, 2.24) is 19.7 Å². The van der Waals surface area contributed by atoms with Gasteiger partial charge in [-0.2, -0.15) is 5.10 Å². The summed E-state index contributed by atoms with van der Waals surface area (Å²) in [5, 5.41) is 18.5. The summed E-state index contributed by atoms with van der Waals surface area (Å²) in [4.78, 5) is 43.5. The van der Waals surface area contributed by atoms with E-state index in [2.05, 4.69) is 56.1 Å². The van der Waals surface area contributed by atoms with Gasteiger partial charge in [-0.15, -0.1) is 0 Å². The Morgan fingerprint density at radius 1 is 1.09 bits per heavy atom. The molecule has 13 heteroatoms. The third-order valence-electron chi connectivity index (χ3n) is 12.2. The van der Waals surface area contributed by atoms with E-state index < -0.39 is 5.97 Å². The maximum atomic E-state index is 13.5. The van der Waals surface area contributed by atoms with Crippen LogP contribution in [0.2, 0.25) is 0 Å². The second-order valence-corrected chi connectivity index (χ2v) is 16.8. The van der Waals surface area contributed by atoms with Crippen molar-refractivity contribution in [3.05, 3.63) is 71.6 Å². The summed E-state index contributed by atoms with van der Waals surface area (Å²) in [5.41, 5.74) is 3.85. The highest BCUT2D eigenvalue weighted by Gasteiger charge is 2.65. The molecule has 12 nitrogen and oxygen atoms in total. The van der Waals surface area contributed by atoms with Gasteiger partial charge in [-0.1, -0.05) is 58.6 Å². The lowest BCUT2D eigenvalue weighted by molar-refractivity contribution is -0.107. The molecule has 4 atom stereocenters. The molecular weight excluding hydrogens is 691 g/mol. The Hall–Kier alpha value is -4.85. The number of carbonyl (C=O) groups is 2. The van der Waals surface area contributed by atoms with Gasteiger partial charge >= 0.3 is 12.0 Å². The van der Waals surface area contributed by atoms with Crippen molar-refractivity contribution in [2.45, 2.75) is 78.9 Å². The Bertz CT molecular complexity index is 2120. The smallest absolute Gasteiger partial charge is 0.355 e. The Kier molecular flexibility index (Phi) is 9.11. The van der Waals surface area contributed by atoms with Gasteiger partial charge in [0.15, 0.2) is 10.8 Å². The fraction of sp³-hybridized carbons (Fsp3) is 0.425. The molecule has 53 heavy (non-hydrogen) atoms. The number of carboxylic acid groups (broad SMARTS) is 1. The van der Waals surface area contributed by atoms with Crippen LogP contribution in [0.5, 0.6) is 5.75 Å². The number of nitrogens with two attached hydrogens (primary N) is 1. The van der Waals surface area contributed by atoms with Crippen LogP contribution in [-0.4, -0.2) is 55.6 Å². The summed E-state index contributed by atoms with van der Waals surface area (Å²) >= 11 is 1.30. The van der Waals surface area contributed by atoms with Gasteiger partial charge in [-0.05, 0) is 91.3 Å². The van der Waals surface area contributed by atoms with Gasteiger partial charge < -0.3 is 9.84 Å². The first-order valence-electron chi connectivity index (χ1n) is 18.0. The van der Waals surface area contributed by atoms with E-state index in [1.807, 2.05) is 17.7 Å². The minimum atomic E-state index is -1.15. The molecule has 2 aliphatic carbocycles. The second kappa shape index (κ2) is 13.2. The molecule has 4 N–H and O–H groups in total. The van der Waals surface area contributed by atoms with Crippen molar-refractivity contribution in [3.8, 4) is 28.1 Å². The number of hydrogen-bond donors (Lipinski definition) is 3. The predicted molar refractivity (Wildman–Crippen MR) is 208 cm³/mol. The number of benzene rings is 1. The van der Waals surface area contributed by atoms with E-state index in [9.17, 15) is 14.7 Å². The molecule has 3 aromatic heterocycles. The summed E-state index contributed by atoms with van der Waals surface area (Å²) in [6, 6.07) is 8.58. The number of fused-ring (bicyclic) bond motifs is 3. The first-order chi connectivity index (χ1) is 25.2. The largest absolute Gasteiger partial charge is 0.490 e. The topological polar surface area (TPSA) is 158 Å². The maximum Gasteiger partial charge on any atom is 0.355 e. The average Bonchev–Trinajstić information content (AvgIpc) is 3.76. The van der Waals surface area contributed by atoms with E-state index in [1.54, 1.807) is 47.5 Å². The summed E-state index contributed by atoms with van der Waals surface area (Å²) < 4.78 is 7.87. The highest BCUT2D eigenvalue weighted by Crippen LogP contribution is 2.69. The van der Waals surface area contributed by atoms with Crippen LogP contribution in [-0.2, 0) is 11.4 Å². The standard InChI is InChI=1S/C40H47N7O5S/c1-8-28-32(9-2)53-35(44-28)45-36(50)46-15-16-51-31-14-11-25(17-30(31)46)29-13-12-26(33(43-29)34(48)49)27-18-42-47(24(27)4)23-39(7)22-40(52-41)20-37(5,10-3)19-38(39,6)21-40/h8-9,11-14,17-18H,1-2,10,15-16,19-23,41H2,3-7H3,(H,48,49)(H,44,45,50). The molecule has 4 heterocycles. The molecule has 2 bridgehead atoms. The number of aromatic nitrogens is 4. The van der Waals surface area contributed by atoms with Crippen LogP contribution >= 0.6 is 11.3 Å². The fourth-order valence-corrected chi connectivity index (χ4v) is 10.2. The van der Waals surface area contributed by atoms with Crippen LogP contribution in [0, 0.1) is 23.2 Å². The van der Waals surface area contributed by atoms with E-state index in [1.165, 1.54) is 11.3 Å². The van der Waals surface area contributed by atoms with E-state index >= 15 is 0 Å². The quantitative estimate of drug-likeness (QED) is 0.136. The molecule has 0 spiro atoms. The zero-order valence-corrected chi connectivity index (χ0v) is 31.8. The summed E-state index contributed by atoms with van der Waals surface area (Å²) in [5.74, 6) is 5.39. The van der Waals surface area contributed by atoms with Gasteiger partial charge in [-0.25, -0.2) is 25.5 Å². The van der Waals surface area contributed by atoms with Crippen molar-refractivity contribution in [2.24, 2.45) is 22.1 Å². The maximum absolute atomic E-state index is 13.5. The van der Waals surface area contributed by atoms with Crippen LogP contribution in [0.25, 0.3) is 34.5 Å². The number of ether oxygens (including phenoxy) is 1. The van der Waals surface area contributed by atoms with Gasteiger partial charge in [0.2, 0.25) is 0 Å². The number of carbonyl (C=O) groups excluding carboxylic acids is 1. The highest BCUT2D eigenvalue weighted by atomic mass is 32.1. The molecule has 1 aromatic carbocycles. The van der Waals surface area contributed by atoms with Crippen molar-refractivity contribution in [1.29, 1.82) is 0 Å². The molecule has 3 aliphatic rings. The monoisotopic (exact) mass is 737 g/mol. The lowest BCUT2D eigenvalue weighted by atomic mass is 9.57. The van der Waals surface area contributed by atoms with Crippen molar-refractivity contribution >= 4 is 46.3 Å². The molecule has 0 radical (unpaired) electrons. The van der Waals surface area contributed by atoms with Gasteiger partial charge in [-0.3, -0.25) is 19.7 Å². The molecule has 2 saturated carbocycles. The van der Waals surface area contributed by atoms with Crippen LogP contribution in [0.1, 0.15) is 86.6 Å². The van der Waals surface area contributed by atoms with Crippen molar-refractivity contribution in [3.63, 3.8) is 0 Å². The Labute approximate surface area is 313 Å². The van der Waals surface area contributed by atoms with Crippen LogP contribution < -0.4 is 20.9 Å². The van der Waals surface area contributed by atoms with Crippen LogP contribution in [0.4, 0.5) is 15.6 Å². The van der Waals surface area contributed by atoms with Crippen molar-refractivity contribution in [2.75, 3.05) is 23.4 Å². The second-order valence-electron chi connectivity index (χ2n) is 15.8. The number of urea groups is 1. The predicted octanol–water partition coefficient (Wildman–Crippen LogP) is 8.44.